The molecule has 0 radical (unpaired) electrons. The summed E-state index contributed by atoms with van der Waals surface area (Å²) in [4.78, 5) is 2.73. The average Bonchev–Trinajstić information content (AvgIpc) is 2.32. The van der Waals surface area contributed by atoms with Crippen LogP contribution in [0.25, 0.3) is 0 Å². The third-order valence-corrected chi connectivity index (χ3v) is 3.90. The van der Waals surface area contributed by atoms with E-state index in [1.807, 2.05) is 0 Å². The molecule has 1 saturated heterocycles. The first kappa shape index (κ1) is 14.4. The maximum absolute atomic E-state index is 13.4. The highest BCUT2D eigenvalue weighted by Crippen LogP contribution is 2.17. The number of hydrogen-bond donors (Lipinski definition) is 1. The summed E-state index contributed by atoms with van der Waals surface area (Å²) in [5.74, 6) is -0.220. The first-order valence-electron chi connectivity index (χ1n) is 6.97. The summed E-state index contributed by atoms with van der Waals surface area (Å²) in [5.41, 5.74) is 7.43. The van der Waals surface area contributed by atoms with Crippen LogP contribution in [0, 0.1) is 5.82 Å². The second kappa shape index (κ2) is 6.96. The molecule has 1 aliphatic rings. The van der Waals surface area contributed by atoms with Crippen LogP contribution in [0.4, 0.5) is 4.39 Å². The normalized spacial score (nSPS) is 17.7. The lowest BCUT2D eigenvalue weighted by atomic mass is 10.0. The first-order chi connectivity index (χ1) is 9.16. The molecule has 0 spiro atoms. The van der Waals surface area contributed by atoms with Gasteiger partial charge in [-0.1, -0.05) is 31.5 Å². The molecule has 1 aromatic carbocycles. The Labute approximate surface area is 119 Å². The Kier molecular flexibility index (Phi) is 5.28. The molecule has 104 valence electrons. The van der Waals surface area contributed by atoms with Gasteiger partial charge >= 0.3 is 0 Å². The van der Waals surface area contributed by atoms with Crippen molar-refractivity contribution >= 4 is 17.2 Å². The maximum atomic E-state index is 13.4. The molecule has 0 unspecified atom stereocenters. The van der Waals surface area contributed by atoms with Crippen molar-refractivity contribution in [3.05, 3.63) is 35.1 Å². The van der Waals surface area contributed by atoms with E-state index in [-0.39, 0.29) is 5.82 Å². The van der Waals surface area contributed by atoms with Crippen LogP contribution in [0.2, 0.25) is 0 Å². The number of hydrogen-bond acceptors (Lipinski definition) is 2. The summed E-state index contributed by atoms with van der Waals surface area (Å²) < 4.78 is 13.4. The van der Waals surface area contributed by atoms with Crippen LogP contribution in [-0.2, 0) is 6.54 Å². The van der Waals surface area contributed by atoms with Gasteiger partial charge in [-0.25, -0.2) is 4.39 Å². The topological polar surface area (TPSA) is 29.3 Å². The second-order valence-corrected chi connectivity index (χ2v) is 5.65. The molecule has 1 aromatic rings. The highest BCUT2D eigenvalue weighted by Gasteiger charge is 2.13. The van der Waals surface area contributed by atoms with Gasteiger partial charge in [0.15, 0.2) is 0 Å². The van der Waals surface area contributed by atoms with Gasteiger partial charge < -0.3 is 5.73 Å². The van der Waals surface area contributed by atoms with Crippen molar-refractivity contribution in [3.8, 4) is 0 Å². The van der Waals surface area contributed by atoms with E-state index in [2.05, 4.69) is 4.90 Å². The minimum absolute atomic E-state index is 0.220. The number of thiocarbonyl (C=S) groups is 1. The fraction of sp³-hybridized carbons (Fsp3) is 0.533. The summed E-state index contributed by atoms with van der Waals surface area (Å²) in [6.45, 7) is 2.89. The number of nitrogens with two attached hydrogens (primary N) is 1. The number of nitrogens with zero attached hydrogens (tertiary/aromatic N) is 1. The summed E-state index contributed by atoms with van der Waals surface area (Å²) in [7, 11) is 0. The zero-order valence-corrected chi connectivity index (χ0v) is 12.0. The summed E-state index contributed by atoms with van der Waals surface area (Å²) in [6.07, 6.45) is 6.37. The average molecular weight is 280 g/mol. The van der Waals surface area contributed by atoms with E-state index in [0.717, 1.165) is 30.8 Å². The lowest BCUT2D eigenvalue weighted by Gasteiger charge is -2.25. The molecule has 2 N–H and O–H groups in total. The Bertz CT molecular complexity index is 440. The van der Waals surface area contributed by atoms with Crippen LogP contribution < -0.4 is 5.73 Å². The third-order valence-electron chi connectivity index (χ3n) is 3.68. The molecule has 0 aromatic heterocycles. The molecule has 1 fully saturated rings. The fourth-order valence-corrected chi connectivity index (χ4v) is 2.84. The van der Waals surface area contributed by atoms with Crippen LogP contribution >= 0.6 is 12.2 Å². The summed E-state index contributed by atoms with van der Waals surface area (Å²) >= 11 is 5.05. The van der Waals surface area contributed by atoms with E-state index in [9.17, 15) is 4.39 Å². The van der Waals surface area contributed by atoms with Crippen LogP contribution in [0.5, 0.6) is 0 Å². The molecular formula is C15H21FN2S. The standard InChI is InChI=1S/C15H21FN2S/c16-13-6-7-14(15(17)19)12(10-13)11-18-8-4-2-1-3-5-9-18/h6-7,10H,1-5,8-9,11H2,(H2,17,19). The predicted octanol–water partition coefficient (Wildman–Crippen LogP) is 3.23. The van der Waals surface area contributed by atoms with E-state index in [1.54, 1.807) is 12.1 Å². The Hall–Kier alpha value is -1.00. The van der Waals surface area contributed by atoms with Gasteiger partial charge in [-0.05, 0) is 49.7 Å². The SMILES string of the molecule is NC(=S)c1ccc(F)cc1CN1CCCCCCC1. The van der Waals surface area contributed by atoms with E-state index in [4.69, 9.17) is 18.0 Å². The molecule has 1 aliphatic heterocycles. The van der Waals surface area contributed by atoms with Gasteiger partial charge in [-0.3, -0.25) is 4.90 Å². The predicted molar refractivity (Wildman–Crippen MR) is 80.6 cm³/mol. The molecule has 0 amide bonds. The molecule has 2 nitrogen and oxygen atoms in total. The van der Waals surface area contributed by atoms with E-state index in [0.29, 0.717) is 4.99 Å². The van der Waals surface area contributed by atoms with Gasteiger partial charge in [-0.2, -0.15) is 0 Å². The Morgan fingerprint density at radius 1 is 1.16 bits per heavy atom. The number of likely N-dealkylation sites (tertiary alicyclic amines) is 1. The lowest BCUT2D eigenvalue weighted by molar-refractivity contribution is 0.239. The zero-order chi connectivity index (χ0) is 13.7. The van der Waals surface area contributed by atoms with Gasteiger partial charge in [0.2, 0.25) is 0 Å². The molecule has 0 bridgehead atoms. The molecular weight excluding hydrogens is 259 g/mol. The third kappa shape index (κ3) is 4.25. The lowest BCUT2D eigenvalue weighted by Crippen LogP contribution is -2.28. The largest absolute Gasteiger partial charge is 0.389 e. The quantitative estimate of drug-likeness (QED) is 0.862. The van der Waals surface area contributed by atoms with Crippen molar-refractivity contribution in [3.63, 3.8) is 0 Å². The van der Waals surface area contributed by atoms with Crippen molar-refractivity contribution in [1.82, 2.24) is 4.90 Å². The van der Waals surface area contributed by atoms with Gasteiger partial charge in [0.25, 0.3) is 0 Å². The Morgan fingerprint density at radius 3 is 2.42 bits per heavy atom. The molecule has 0 saturated carbocycles. The Balaban J connectivity index is 2.11. The molecule has 2 rings (SSSR count). The van der Waals surface area contributed by atoms with Crippen molar-refractivity contribution in [2.75, 3.05) is 13.1 Å². The molecule has 4 heteroatoms. The number of halogens is 1. The minimum atomic E-state index is -0.220. The number of benzene rings is 1. The molecule has 0 atom stereocenters. The van der Waals surface area contributed by atoms with Crippen LogP contribution in [0.15, 0.2) is 18.2 Å². The molecule has 1 heterocycles. The van der Waals surface area contributed by atoms with Gasteiger partial charge in [0.05, 0.1) is 0 Å². The monoisotopic (exact) mass is 280 g/mol. The van der Waals surface area contributed by atoms with Gasteiger partial charge in [0.1, 0.15) is 10.8 Å². The van der Waals surface area contributed by atoms with Crippen LogP contribution in [0.1, 0.15) is 43.2 Å². The first-order valence-corrected chi connectivity index (χ1v) is 7.38. The summed E-state index contributed by atoms with van der Waals surface area (Å²) in [5, 5.41) is 0. The van der Waals surface area contributed by atoms with Crippen LogP contribution in [0.3, 0.4) is 0 Å². The van der Waals surface area contributed by atoms with Crippen molar-refractivity contribution in [2.45, 2.75) is 38.6 Å². The van der Waals surface area contributed by atoms with Crippen molar-refractivity contribution < 1.29 is 4.39 Å². The van der Waals surface area contributed by atoms with E-state index >= 15 is 0 Å². The Morgan fingerprint density at radius 2 is 1.79 bits per heavy atom. The van der Waals surface area contributed by atoms with E-state index < -0.39 is 0 Å². The fourth-order valence-electron chi connectivity index (χ4n) is 2.65. The minimum Gasteiger partial charge on any atom is -0.389 e. The molecule has 0 aliphatic carbocycles. The van der Waals surface area contributed by atoms with E-state index in [1.165, 1.54) is 38.2 Å². The van der Waals surface area contributed by atoms with Crippen molar-refractivity contribution in [1.29, 1.82) is 0 Å². The second-order valence-electron chi connectivity index (χ2n) is 5.21. The van der Waals surface area contributed by atoms with Crippen molar-refractivity contribution in [2.24, 2.45) is 5.73 Å². The maximum Gasteiger partial charge on any atom is 0.123 e. The number of rotatable bonds is 3. The zero-order valence-electron chi connectivity index (χ0n) is 11.2. The smallest absolute Gasteiger partial charge is 0.123 e. The molecule has 19 heavy (non-hydrogen) atoms. The van der Waals surface area contributed by atoms with Crippen LogP contribution in [-0.4, -0.2) is 23.0 Å². The van der Waals surface area contributed by atoms with Gasteiger partial charge in [0, 0.05) is 12.1 Å². The van der Waals surface area contributed by atoms with Gasteiger partial charge in [-0.15, -0.1) is 0 Å². The highest BCUT2D eigenvalue weighted by atomic mass is 32.1. The highest BCUT2D eigenvalue weighted by molar-refractivity contribution is 7.80. The summed E-state index contributed by atoms with van der Waals surface area (Å²) in [6, 6.07) is 4.68.